The third-order valence-electron chi connectivity index (χ3n) is 4.19. The van der Waals surface area contributed by atoms with Gasteiger partial charge in [0.15, 0.2) is 11.5 Å². The summed E-state index contributed by atoms with van der Waals surface area (Å²) in [6, 6.07) is 5.64. The van der Waals surface area contributed by atoms with E-state index in [1.165, 1.54) is 0 Å². The molecule has 24 heavy (non-hydrogen) atoms. The van der Waals surface area contributed by atoms with Crippen LogP contribution in [0.2, 0.25) is 0 Å². The summed E-state index contributed by atoms with van der Waals surface area (Å²) in [5.41, 5.74) is 1.05. The Labute approximate surface area is 144 Å². The fourth-order valence-corrected chi connectivity index (χ4v) is 2.79. The molecule has 1 aliphatic rings. The highest BCUT2D eigenvalue weighted by Gasteiger charge is 2.23. The van der Waals surface area contributed by atoms with Gasteiger partial charge in [-0.25, -0.2) is 4.99 Å². The predicted octanol–water partition coefficient (Wildman–Crippen LogP) is 2.56. The molecule has 1 unspecified atom stereocenters. The zero-order valence-electron chi connectivity index (χ0n) is 14.9. The van der Waals surface area contributed by atoms with E-state index in [1.54, 1.807) is 25.6 Å². The Bertz CT molecular complexity index is 616. The highest BCUT2D eigenvalue weighted by atomic mass is 16.5. The number of ether oxygens (including phenoxy) is 2. The minimum absolute atomic E-state index is 0.0830. The third kappa shape index (κ3) is 4.62. The topological polar surface area (TPSA) is 69.9 Å². The lowest BCUT2D eigenvalue weighted by Gasteiger charge is -2.29. The number of hydrogen-bond acceptors (Lipinski definition) is 5. The van der Waals surface area contributed by atoms with Crippen molar-refractivity contribution in [1.29, 1.82) is 5.26 Å². The van der Waals surface area contributed by atoms with Gasteiger partial charge in [0.25, 0.3) is 0 Å². The molecule has 0 spiro atoms. The zero-order chi connectivity index (χ0) is 17.5. The maximum Gasteiger partial charge on any atom is 0.163 e. The number of nitrogens with zero attached hydrogens (tertiary/aromatic N) is 3. The highest BCUT2D eigenvalue weighted by Crippen LogP contribution is 2.36. The molecular formula is C18H26N4O2. The molecule has 1 atom stereocenters. The van der Waals surface area contributed by atoms with Crippen molar-refractivity contribution in [2.24, 2.45) is 10.9 Å². The maximum absolute atomic E-state index is 9.34. The number of hydrogen-bond donors (Lipinski definition) is 1. The Balaban J connectivity index is 2.26. The summed E-state index contributed by atoms with van der Waals surface area (Å²) < 4.78 is 11.6. The zero-order valence-corrected chi connectivity index (χ0v) is 14.9. The second kappa shape index (κ2) is 8.55. The molecule has 1 saturated heterocycles. The van der Waals surface area contributed by atoms with Gasteiger partial charge in [-0.05, 0) is 38.8 Å². The molecule has 0 aromatic heterocycles. The van der Waals surface area contributed by atoms with Gasteiger partial charge in [0, 0.05) is 26.2 Å². The van der Waals surface area contributed by atoms with Crippen molar-refractivity contribution in [2.45, 2.75) is 25.9 Å². The number of methoxy groups -OCH3 is 1. The van der Waals surface area contributed by atoms with Gasteiger partial charge in [-0.1, -0.05) is 0 Å². The molecule has 1 aromatic carbocycles. The van der Waals surface area contributed by atoms with Gasteiger partial charge in [0.2, 0.25) is 0 Å². The Morgan fingerprint density at radius 1 is 1.33 bits per heavy atom. The summed E-state index contributed by atoms with van der Waals surface area (Å²) in [5, 5.41) is 12.7. The quantitative estimate of drug-likeness (QED) is 0.641. The molecule has 1 heterocycles. The first-order valence-electron chi connectivity index (χ1n) is 8.25. The number of nitriles is 1. The van der Waals surface area contributed by atoms with Gasteiger partial charge in [0.05, 0.1) is 30.8 Å². The average molecular weight is 330 g/mol. The lowest BCUT2D eigenvalue weighted by atomic mass is 9.93. The SMILES string of the molecule is COc1cc(C#N)c(/N=C\N(C)C)cc1OC(C)C1CCNCC1. The fourth-order valence-electron chi connectivity index (χ4n) is 2.79. The van der Waals surface area contributed by atoms with E-state index < -0.39 is 0 Å². The van der Waals surface area contributed by atoms with Crippen molar-refractivity contribution < 1.29 is 9.47 Å². The van der Waals surface area contributed by atoms with Crippen molar-refractivity contribution >= 4 is 12.0 Å². The summed E-state index contributed by atoms with van der Waals surface area (Å²) in [6.45, 7) is 4.15. The smallest absolute Gasteiger partial charge is 0.163 e. The molecule has 1 aromatic rings. The summed E-state index contributed by atoms with van der Waals surface area (Å²) in [6.07, 6.45) is 3.96. The Morgan fingerprint density at radius 3 is 2.62 bits per heavy atom. The lowest BCUT2D eigenvalue weighted by Crippen LogP contribution is -2.35. The van der Waals surface area contributed by atoms with Crippen LogP contribution in [0.3, 0.4) is 0 Å². The van der Waals surface area contributed by atoms with E-state index >= 15 is 0 Å². The second-order valence-corrected chi connectivity index (χ2v) is 6.25. The van der Waals surface area contributed by atoms with E-state index in [1.807, 2.05) is 19.0 Å². The van der Waals surface area contributed by atoms with Crippen LogP contribution < -0.4 is 14.8 Å². The van der Waals surface area contributed by atoms with Crippen LogP contribution in [0.5, 0.6) is 11.5 Å². The van der Waals surface area contributed by atoms with Crippen molar-refractivity contribution in [1.82, 2.24) is 10.2 Å². The fraction of sp³-hybridized carbons (Fsp3) is 0.556. The number of nitrogens with one attached hydrogen (secondary N) is 1. The predicted molar refractivity (Wildman–Crippen MR) is 95.2 cm³/mol. The third-order valence-corrected chi connectivity index (χ3v) is 4.19. The molecule has 6 heteroatoms. The highest BCUT2D eigenvalue weighted by molar-refractivity contribution is 5.68. The molecule has 0 radical (unpaired) electrons. The van der Waals surface area contributed by atoms with Gasteiger partial charge >= 0.3 is 0 Å². The van der Waals surface area contributed by atoms with E-state index in [0.717, 1.165) is 25.9 Å². The van der Waals surface area contributed by atoms with Crippen LogP contribution in [-0.2, 0) is 0 Å². The molecule has 6 nitrogen and oxygen atoms in total. The molecule has 0 aliphatic carbocycles. The minimum atomic E-state index is 0.0830. The van der Waals surface area contributed by atoms with Crippen LogP contribution >= 0.6 is 0 Å². The largest absolute Gasteiger partial charge is 0.493 e. The van der Waals surface area contributed by atoms with Crippen LogP contribution in [-0.4, -0.2) is 51.6 Å². The molecular weight excluding hydrogens is 304 g/mol. The number of benzene rings is 1. The van der Waals surface area contributed by atoms with E-state index in [9.17, 15) is 5.26 Å². The number of aliphatic imine (C=N–C) groups is 1. The van der Waals surface area contributed by atoms with E-state index in [4.69, 9.17) is 9.47 Å². The van der Waals surface area contributed by atoms with Gasteiger partial charge in [-0.15, -0.1) is 0 Å². The molecule has 2 rings (SSSR count). The van der Waals surface area contributed by atoms with Crippen molar-refractivity contribution in [3.05, 3.63) is 17.7 Å². The first-order valence-corrected chi connectivity index (χ1v) is 8.25. The lowest BCUT2D eigenvalue weighted by molar-refractivity contribution is 0.124. The second-order valence-electron chi connectivity index (χ2n) is 6.25. The van der Waals surface area contributed by atoms with Gasteiger partial charge in [-0.3, -0.25) is 0 Å². The summed E-state index contributed by atoms with van der Waals surface area (Å²) >= 11 is 0. The Hall–Kier alpha value is -2.26. The summed E-state index contributed by atoms with van der Waals surface area (Å²) in [5.74, 6) is 1.71. The van der Waals surface area contributed by atoms with Crippen LogP contribution in [0.1, 0.15) is 25.3 Å². The van der Waals surface area contributed by atoms with Gasteiger partial charge < -0.3 is 19.7 Å². The molecule has 0 bridgehead atoms. The van der Waals surface area contributed by atoms with Crippen LogP contribution in [0, 0.1) is 17.2 Å². The maximum atomic E-state index is 9.34. The van der Waals surface area contributed by atoms with Crippen molar-refractivity contribution in [3.63, 3.8) is 0 Å². The molecule has 1 N–H and O–H groups in total. The van der Waals surface area contributed by atoms with Crippen LogP contribution in [0.15, 0.2) is 17.1 Å². The summed E-state index contributed by atoms with van der Waals surface area (Å²) in [7, 11) is 5.35. The van der Waals surface area contributed by atoms with E-state index in [2.05, 4.69) is 23.3 Å². The van der Waals surface area contributed by atoms with Crippen LogP contribution in [0.4, 0.5) is 5.69 Å². The number of piperidine rings is 1. The van der Waals surface area contributed by atoms with E-state index in [-0.39, 0.29) is 6.10 Å². The molecule has 1 aliphatic heterocycles. The Kier molecular flexibility index (Phi) is 6.44. The number of rotatable bonds is 6. The van der Waals surface area contributed by atoms with E-state index in [0.29, 0.717) is 28.7 Å². The first-order chi connectivity index (χ1) is 11.5. The Morgan fingerprint density at radius 2 is 2.04 bits per heavy atom. The molecule has 130 valence electrons. The molecule has 1 fully saturated rings. The standard InChI is InChI=1S/C18H26N4O2/c1-13(14-5-7-20-8-6-14)24-18-10-16(21-12-22(2)3)15(11-19)9-17(18)23-4/h9-10,12-14,20H,5-8H2,1-4H3/b21-12-. The average Bonchev–Trinajstić information content (AvgIpc) is 2.60. The van der Waals surface area contributed by atoms with Crippen LogP contribution in [0.25, 0.3) is 0 Å². The van der Waals surface area contributed by atoms with Gasteiger partial charge in [0.1, 0.15) is 6.07 Å². The minimum Gasteiger partial charge on any atom is -0.493 e. The normalized spacial score (nSPS) is 16.6. The van der Waals surface area contributed by atoms with Gasteiger partial charge in [-0.2, -0.15) is 5.26 Å². The summed E-state index contributed by atoms with van der Waals surface area (Å²) in [4.78, 5) is 6.19. The molecule has 0 amide bonds. The monoisotopic (exact) mass is 330 g/mol. The van der Waals surface area contributed by atoms with Crippen molar-refractivity contribution in [2.75, 3.05) is 34.3 Å². The van der Waals surface area contributed by atoms with Crippen molar-refractivity contribution in [3.8, 4) is 17.6 Å². The first kappa shape index (κ1) is 18.1. The molecule has 0 saturated carbocycles.